The van der Waals surface area contributed by atoms with Crippen LogP contribution in [0.5, 0.6) is 0 Å². The maximum atomic E-state index is 8.52. The fourth-order valence-electron chi connectivity index (χ4n) is 7.06. The van der Waals surface area contributed by atoms with Crippen LogP contribution >= 0.6 is 0 Å². The molecule has 0 amide bonds. The molecular weight excluding hydrogens is 635 g/mol. The lowest BCUT2D eigenvalue weighted by Crippen LogP contribution is -2.12. The largest absolute Gasteiger partial charge is 0.421 e. The van der Waals surface area contributed by atoms with Crippen LogP contribution in [0.2, 0.25) is 0 Å². The summed E-state index contributed by atoms with van der Waals surface area (Å²) < 4.78 is 7.97. The number of hydrogen-bond donors (Lipinski definition) is 2. The van der Waals surface area contributed by atoms with Gasteiger partial charge in [-0.05, 0) is 105 Å². The molecule has 0 aliphatic rings. The summed E-state index contributed by atoms with van der Waals surface area (Å²) in [6, 6.07) is 58.6. The normalized spacial score (nSPS) is 11.5. The highest BCUT2D eigenvalue weighted by molar-refractivity contribution is 6.11. The SMILES string of the molecule is CC(C)(C)c1ccc2c(c1)c1cc(-c3ccccc3-c3ccccc3-c3ccc(C(=N)OC(=N)c4ccccc4)cc3)ccc1n2-c1ccccc1. The summed E-state index contributed by atoms with van der Waals surface area (Å²) in [7, 11) is 0. The number of nitrogens with zero attached hydrogens (tertiary/aromatic N) is 1. The second-order valence-electron chi connectivity index (χ2n) is 14.2. The molecule has 8 rings (SSSR count). The van der Waals surface area contributed by atoms with Gasteiger partial charge in [-0.25, -0.2) is 0 Å². The Balaban J connectivity index is 1.19. The standard InChI is InChI=1S/C48H39N3O/c1-48(2,3)36-27-29-45-43(31-36)42-30-35(26-28-44(42)51(45)37-16-8-5-9-17-37)39-19-11-13-21-41(39)40-20-12-10-18-38(40)32-22-24-34(25-23-32)47(50)52-46(49)33-14-6-4-7-15-33/h4-31,49-50H,1-3H3. The first-order valence-corrected chi connectivity index (χ1v) is 17.6. The molecule has 1 aromatic heterocycles. The van der Waals surface area contributed by atoms with Crippen LogP contribution < -0.4 is 0 Å². The molecule has 2 N–H and O–H groups in total. The Kier molecular flexibility index (Phi) is 8.36. The average molecular weight is 674 g/mol. The van der Waals surface area contributed by atoms with E-state index in [1.54, 1.807) is 12.1 Å². The highest BCUT2D eigenvalue weighted by atomic mass is 16.5. The highest BCUT2D eigenvalue weighted by Crippen LogP contribution is 2.41. The lowest BCUT2D eigenvalue weighted by atomic mass is 9.86. The third-order valence-electron chi connectivity index (χ3n) is 9.80. The Morgan fingerprint density at radius 1 is 0.462 bits per heavy atom. The Bertz CT molecular complexity index is 2590. The van der Waals surface area contributed by atoms with Gasteiger partial charge in [0.05, 0.1) is 11.0 Å². The second-order valence-corrected chi connectivity index (χ2v) is 14.2. The minimum Gasteiger partial charge on any atom is -0.421 e. The fraction of sp³-hybridized carbons (Fsp3) is 0.0833. The van der Waals surface area contributed by atoms with Crippen molar-refractivity contribution < 1.29 is 4.74 Å². The smallest absolute Gasteiger partial charge is 0.221 e. The van der Waals surface area contributed by atoms with Crippen LogP contribution in [0.15, 0.2) is 170 Å². The molecule has 0 unspecified atom stereocenters. The summed E-state index contributed by atoms with van der Waals surface area (Å²) in [6.45, 7) is 6.81. The van der Waals surface area contributed by atoms with Crippen molar-refractivity contribution in [3.8, 4) is 39.1 Å². The zero-order valence-electron chi connectivity index (χ0n) is 29.5. The molecule has 0 aliphatic carbocycles. The van der Waals surface area contributed by atoms with Gasteiger partial charge in [0.2, 0.25) is 11.8 Å². The van der Waals surface area contributed by atoms with Crippen molar-refractivity contribution in [1.29, 1.82) is 10.8 Å². The van der Waals surface area contributed by atoms with E-state index in [2.05, 4.69) is 141 Å². The van der Waals surface area contributed by atoms with Gasteiger partial charge in [-0.3, -0.25) is 10.8 Å². The number of aromatic nitrogens is 1. The van der Waals surface area contributed by atoms with Crippen molar-refractivity contribution in [2.45, 2.75) is 26.2 Å². The molecule has 4 heteroatoms. The van der Waals surface area contributed by atoms with E-state index in [-0.39, 0.29) is 17.2 Å². The Hall–Kier alpha value is -6.52. The molecule has 0 spiro atoms. The summed E-state index contributed by atoms with van der Waals surface area (Å²) in [5.74, 6) is -0.105. The van der Waals surface area contributed by atoms with Gasteiger partial charge in [0.1, 0.15) is 0 Å². The summed E-state index contributed by atoms with van der Waals surface area (Å²) in [5, 5.41) is 19.3. The number of para-hydroxylation sites is 1. The Morgan fingerprint density at radius 2 is 0.923 bits per heavy atom. The van der Waals surface area contributed by atoms with Gasteiger partial charge in [0.15, 0.2) is 0 Å². The fourth-order valence-corrected chi connectivity index (χ4v) is 7.06. The minimum absolute atomic E-state index is 0.0277. The lowest BCUT2D eigenvalue weighted by molar-refractivity contribution is 0.538. The highest BCUT2D eigenvalue weighted by Gasteiger charge is 2.20. The first-order chi connectivity index (χ1) is 25.3. The number of hydrogen-bond acceptors (Lipinski definition) is 3. The van der Waals surface area contributed by atoms with E-state index < -0.39 is 0 Å². The summed E-state index contributed by atoms with van der Waals surface area (Å²) in [4.78, 5) is 0. The lowest BCUT2D eigenvalue weighted by Gasteiger charge is -2.19. The zero-order chi connectivity index (χ0) is 35.8. The quantitative estimate of drug-likeness (QED) is 0.134. The summed E-state index contributed by atoms with van der Waals surface area (Å²) >= 11 is 0. The van der Waals surface area contributed by atoms with Gasteiger partial charge in [-0.15, -0.1) is 0 Å². The van der Waals surface area contributed by atoms with E-state index >= 15 is 0 Å². The third-order valence-corrected chi connectivity index (χ3v) is 9.80. The molecule has 252 valence electrons. The minimum atomic E-state index is -0.0577. The molecule has 0 bridgehead atoms. The third kappa shape index (κ3) is 6.09. The molecule has 7 aromatic carbocycles. The van der Waals surface area contributed by atoms with Crippen molar-refractivity contribution in [3.05, 3.63) is 187 Å². The number of nitrogens with one attached hydrogen (secondary N) is 2. The van der Waals surface area contributed by atoms with Gasteiger partial charge in [-0.1, -0.05) is 130 Å². The molecule has 4 nitrogen and oxygen atoms in total. The second kappa shape index (κ2) is 13.3. The molecule has 0 fully saturated rings. The van der Waals surface area contributed by atoms with Gasteiger partial charge in [0, 0.05) is 27.6 Å². The van der Waals surface area contributed by atoms with Crippen LogP contribution in [-0.2, 0) is 10.2 Å². The molecule has 0 atom stereocenters. The van der Waals surface area contributed by atoms with Crippen molar-refractivity contribution >= 4 is 33.6 Å². The van der Waals surface area contributed by atoms with Crippen molar-refractivity contribution in [2.75, 3.05) is 0 Å². The van der Waals surface area contributed by atoms with Crippen LogP contribution in [0.1, 0.15) is 37.5 Å². The number of fused-ring (bicyclic) bond motifs is 3. The van der Waals surface area contributed by atoms with Crippen LogP contribution in [0, 0.1) is 10.8 Å². The van der Waals surface area contributed by atoms with Crippen molar-refractivity contribution in [3.63, 3.8) is 0 Å². The molecule has 0 saturated heterocycles. The van der Waals surface area contributed by atoms with Gasteiger partial charge in [0.25, 0.3) is 0 Å². The molecule has 0 saturated carbocycles. The van der Waals surface area contributed by atoms with Gasteiger partial charge >= 0.3 is 0 Å². The number of rotatable bonds is 6. The molecule has 0 radical (unpaired) electrons. The van der Waals surface area contributed by atoms with Gasteiger partial charge in [-0.2, -0.15) is 0 Å². The van der Waals surface area contributed by atoms with Crippen LogP contribution in [0.25, 0.3) is 60.9 Å². The Labute approximate surface area is 304 Å². The molecular formula is C48H39N3O. The molecule has 8 aromatic rings. The molecule has 52 heavy (non-hydrogen) atoms. The van der Waals surface area contributed by atoms with E-state index in [0.717, 1.165) is 39.1 Å². The first kappa shape index (κ1) is 32.7. The van der Waals surface area contributed by atoms with E-state index in [1.165, 1.54) is 27.4 Å². The number of ether oxygens (including phenoxy) is 1. The topological polar surface area (TPSA) is 61.9 Å². The zero-order valence-corrected chi connectivity index (χ0v) is 29.5. The van der Waals surface area contributed by atoms with Crippen molar-refractivity contribution in [1.82, 2.24) is 4.57 Å². The van der Waals surface area contributed by atoms with E-state index in [1.807, 2.05) is 42.5 Å². The summed E-state index contributed by atoms with van der Waals surface area (Å²) in [5.41, 5.74) is 12.9. The van der Waals surface area contributed by atoms with E-state index in [0.29, 0.717) is 11.1 Å². The van der Waals surface area contributed by atoms with Crippen LogP contribution in [-0.4, -0.2) is 16.4 Å². The van der Waals surface area contributed by atoms with E-state index in [4.69, 9.17) is 15.6 Å². The predicted octanol–water partition coefficient (Wildman–Crippen LogP) is 12.4. The average Bonchev–Trinajstić information content (AvgIpc) is 3.51. The van der Waals surface area contributed by atoms with Gasteiger partial charge < -0.3 is 9.30 Å². The maximum Gasteiger partial charge on any atom is 0.221 e. The van der Waals surface area contributed by atoms with Crippen LogP contribution in [0.3, 0.4) is 0 Å². The number of benzene rings is 7. The summed E-state index contributed by atoms with van der Waals surface area (Å²) in [6.07, 6.45) is 0. The monoisotopic (exact) mass is 673 g/mol. The van der Waals surface area contributed by atoms with Crippen molar-refractivity contribution in [2.24, 2.45) is 0 Å². The Morgan fingerprint density at radius 3 is 1.52 bits per heavy atom. The molecule has 1 heterocycles. The first-order valence-electron chi connectivity index (χ1n) is 17.6. The molecule has 0 aliphatic heterocycles. The van der Waals surface area contributed by atoms with E-state index in [9.17, 15) is 0 Å². The maximum absolute atomic E-state index is 8.52. The predicted molar refractivity (Wildman–Crippen MR) is 217 cm³/mol. The van der Waals surface area contributed by atoms with Crippen LogP contribution in [0.4, 0.5) is 0 Å².